The maximum absolute atomic E-state index is 5.62. The topological polar surface area (TPSA) is 34.2 Å². The van der Waals surface area contributed by atoms with Gasteiger partial charge in [0.15, 0.2) is 0 Å². The van der Waals surface area contributed by atoms with E-state index < -0.39 is 0 Å². The van der Waals surface area contributed by atoms with Crippen LogP contribution in [0, 0.1) is 0 Å². The van der Waals surface area contributed by atoms with E-state index in [1.165, 1.54) is 12.8 Å². The zero-order chi connectivity index (χ0) is 10.5. The first-order chi connectivity index (χ1) is 7.36. The molecule has 0 aromatic carbocycles. The van der Waals surface area contributed by atoms with Crippen LogP contribution in [0.15, 0.2) is 24.4 Å². The highest BCUT2D eigenvalue weighted by Gasteiger charge is 2.21. The van der Waals surface area contributed by atoms with Crippen LogP contribution in [0.5, 0.6) is 0 Å². The van der Waals surface area contributed by atoms with Crippen molar-refractivity contribution in [2.75, 3.05) is 6.61 Å². The van der Waals surface area contributed by atoms with E-state index in [1.807, 2.05) is 24.4 Å². The van der Waals surface area contributed by atoms with Gasteiger partial charge in [-0.25, -0.2) is 0 Å². The summed E-state index contributed by atoms with van der Waals surface area (Å²) in [6.45, 7) is 3.92. The number of hydrogen-bond acceptors (Lipinski definition) is 3. The predicted octanol–water partition coefficient (Wildman–Crippen LogP) is 1.74. The Bertz CT molecular complexity index is 283. The molecular weight excluding hydrogens is 188 g/mol. The van der Waals surface area contributed by atoms with Crippen LogP contribution >= 0.6 is 0 Å². The fourth-order valence-electron chi connectivity index (χ4n) is 1.90. The standard InChI is InChI=1S/C12H18N2O/c1-10(12-6-4-8-15-12)14-9-11-5-2-3-7-13-11/h2-3,5,7,10,12,14H,4,6,8-9H2,1H3. The Morgan fingerprint density at radius 3 is 3.20 bits per heavy atom. The minimum Gasteiger partial charge on any atom is -0.377 e. The third-order valence-corrected chi connectivity index (χ3v) is 2.85. The summed E-state index contributed by atoms with van der Waals surface area (Å²) in [6, 6.07) is 6.40. The van der Waals surface area contributed by atoms with E-state index in [9.17, 15) is 0 Å². The second-order valence-electron chi connectivity index (χ2n) is 4.04. The highest BCUT2D eigenvalue weighted by atomic mass is 16.5. The molecule has 15 heavy (non-hydrogen) atoms. The zero-order valence-electron chi connectivity index (χ0n) is 9.15. The van der Waals surface area contributed by atoms with Crippen molar-refractivity contribution in [1.29, 1.82) is 0 Å². The summed E-state index contributed by atoms with van der Waals surface area (Å²) in [4.78, 5) is 4.27. The number of nitrogens with one attached hydrogen (secondary N) is 1. The molecule has 0 aliphatic carbocycles. The Hall–Kier alpha value is -0.930. The molecule has 1 fully saturated rings. The SMILES string of the molecule is CC(NCc1ccccn1)C1CCCO1. The van der Waals surface area contributed by atoms with E-state index in [-0.39, 0.29) is 0 Å². The van der Waals surface area contributed by atoms with Crippen LogP contribution in [0.25, 0.3) is 0 Å². The molecular formula is C12H18N2O. The van der Waals surface area contributed by atoms with E-state index in [0.717, 1.165) is 18.8 Å². The number of nitrogens with zero attached hydrogens (tertiary/aromatic N) is 1. The van der Waals surface area contributed by atoms with E-state index in [1.54, 1.807) is 0 Å². The molecule has 1 aromatic rings. The van der Waals surface area contributed by atoms with E-state index >= 15 is 0 Å². The minimum absolute atomic E-state index is 0.383. The lowest BCUT2D eigenvalue weighted by Gasteiger charge is -2.19. The van der Waals surface area contributed by atoms with Crippen LogP contribution < -0.4 is 5.32 Å². The van der Waals surface area contributed by atoms with Crippen LogP contribution in [0.1, 0.15) is 25.5 Å². The number of pyridine rings is 1. The number of rotatable bonds is 4. The lowest BCUT2D eigenvalue weighted by Crippen LogP contribution is -2.36. The second kappa shape index (κ2) is 5.24. The van der Waals surface area contributed by atoms with Crippen LogP contribution in [0.2, 0.25) is 0 Å². The van der Waals surface area contributed by atoms with E-state index in [0.29, 0.717) is 12.1 Å². The Balaban J connectivity index is 1.77. The first-order valence-electron chi connectivity index (χ1n) is 5.61. The molecule has 1 N–H and O–H groups in total. The summed E-state index contributed by atoms with van der Waals surface area (Å²) < 4.78 is 5.62. The largest absolute Gasteiger partial charge is 0.377 e. The van der Waals surface area contributed by atoms with E-state index in [4.69, 9.17) is 4.74 Å². The molecule has 82 valence electrons. The van der Waals surface area contributed by atoms with Gasteiger partial charge < -0.3 is 10.1 Å². The van der Waals surface area contributed by atoms with Crippen molar-refractivity contribution in [3.05, 3.63) is 30.1 Å². The Morgan fingerprint density at radius 2 is 2.53 bits per heavy atom. The molecule has 0 bridgehead atoms. The molecule has 2 atom stereocenters. The summed E-state index contributed by atoms with van der Waals surface area (Å²) in [5.41, 5.74) is 1.09. The van der Waals surface area contributed by atoms with Crippen molar-refractivity contribution in [2.24, 2.45) is 0 Å². The maximum Gasteiger partial charge on any atom is 0.0726 e. The van der Waals surface area contributed by atoms with Gasteiger partial charge in [0.2, 0.25) is 0 Å². The first-order valence-corrected chi connectivity index (χ1v) is 5.61. The normalized spacial score (nSPS) is 22.9. The minimum atomic E-state index is 0.383. The predicted molar refractivity (Wildman–Crippen MR) is 59.5 cm³/mol. The Labute approximate surface area is 90.9 Å². The molecule has 1 saturated heterocycles. The van der Waals surface area contributed by atoms with Gasteiger partial charge in [0.1, 0.15) is 0 Å². The average molecular weight is 206 g/mol. The van der Waals surface area contributed by atoms with Gasteiger partial charge in [-0.15, -0.1) is 0 Å². The molecule has 3 nitrogen and oxygen atoms in total. The monoisotopic (exact) mass is 206 g/mol. The highest BCUT2D eigenvalue weighted by molar-refractivity contribution is 5.03. The third kappa shape index (κ3) is 3.01. The van der Waals surface area contributed by atoms with Crippen molar-refractivity contribution in [3.8, 4) is 0 Å². The number of hydrogen-bond donors (Lipinski definition) is 1. The third-order valence-electron chi connectivity index (χ3n) is 2.85. The molecule has 2 rings (SSSR count). The fourth-order valence-corrected chi connectivity index (χ4v) is 1.90. The summed E-state index contributed by atoms with van der Waals surface area (Å²) in [6.07, 6.45) is 4.58. The van der Waals surface area contributed by atoms with Gasteiger partial charge in [-0.1, -0.05) is 6.07 Å². The van der Waals surface area contributed by atoms with Gasteiger partial charge in [-0.2, -0.15) is 0 Å². The highest BCUT2D eigenvalue weighted by Crippen LogP contribution is 2.15. The van der Waals surface area contributed by atoms with Crippen molar-refractivity contribution in [3.63, 3.8) is 0 Å². The molecule has 0 radical (unpaired) electrons. The quantitative estimate of drug-likeness (QED) is 0.814. The molecule has 1 aliphatic rings. The molecule has 2 heterocycles. The molecule has 0 spiro atoms. The van der Waals surface area contributed by atoms with Crippen LogP contribution in [0.4, 0.5) is 0 Å². The van der Waals surface area contributed by atoms with Crippen LogP contribution in [-0.4, -0.2) is 23.7 Å². The Kier molecular flexibility index (Phi) is 3.69. The van der Waals surface area contributed by atoms with Crippen LogP contribution in [0.3, 0.4) is 0 Å². The van der Waals surface area contributed by atoms with Crippen molar-refractivity contribution >= 4 is 0 Å². The summed E-state index contributed by atoms with van der Waals surface area (Å²) in [7, 11) is 0. The van der Waals surface area contributed by atoms with Gasteiger partial charge >= 0.3 is 0 Å². The second-order valence-corrected chi connectivity index (χ2v) is 4.04. The van der Waals surface area contributed by atoms with E-state index in [2.05, 4.69) is 17.2 Å². The summed E-state index contributed by atoms with van der Waals surface area (Å²) >= 11 is 0. The molecule has 0 saturated carbocycles. The number of aromatic nitrogens is 1. The number of ether oxygens (including phenoxy) is 1. The van der Waals surface area contributed by atoms with Crippen molar-refractivity contribution in [2.45, 2.75) is 38.5 Å². The zero-order valence-corrected chi connectivity index (χ0v) is 9.15. The summed E-state index contributed by atoms with van der Waals surface area (Å²) in [5.74, 6) is 0. The van der Waals surface area contributed by atoms with Crippen molar-refractivity contribution < 1.29 is 4.74 Å². The first kappa shape index (κ1) is 10.6. The van der Waals surface area contributed by atoms with Crippen molar-refractivity contribution in [1.82, 2.24) is 10.3 Å². The molecule has 3 heteroatoms. The van der Waals surface area contributed by atoms with Gasteiger partial charge in [0.25, 0.3) is 0 Å². The Morgan fingerprint density at radius 1 is 1.60 bits per heavy atom. The molecule has 0 amide bonds. The lowest BCUT2D eigenvalue weighted by molar-refractivity contribution is 0.0831. The van der Waals surface area contributed by atoms with Gasteiger partial charge in [0.05, 0.1) is 11.8 Å². The summed E-state index contributed by atoms with van der Waals surface area (Å²) in [5, 5.41) is 3.45. The fraction of sp³-hybridized carbons (Fsp3) is 0.583. The molecule has 2 unspecified atom stereocenters. The van der Waals surface area contributed by atoms with Gasteiger partial charge in [-0.3, -0.25) is 4.98 Å². The maximum atomic E-state index is 5.62. The van der Waals surface area contributed by atoms with Gasteiger partial charge in [-0.05, 0) is 31.9 Å². The smallest absolute Gasteiger partial charge is 0.0726 e. The van der Waals surface area contributed by atoms with Crippen LogP contribution in [-0.2, 0) is 11.3 Å². The molecule has 1 aromatic heterocycles. The molecule has 1 aliphatic heterocycles. The average Bonchev–Trinajstić information content (AvgIpc) is 2.81. The van der Waals surface area contributed by atoms with Gasteiger partial charge in [0, 0.05) is 25.4 Å². The lowest BCUT2D eigenvalue weighted by atomic mass is 10.1.